The van der Waals surface area contributed by atoms with Crippen molar-refractivity contribution in [3.8, 4) is 5.69 Å². The Kier molecular flexibility index (Phi) is 3.36. The van der Waals surface area contributed by atoms with Crippen LogP contribution >= 0.6 is 0 Å². The van der Waals surface area contributed by atoms with Crippen LogP contribution in [0.5, 0.6) is 0 Å². The molecule has 4 heteroatoms. The smallest absolute Gasteiger partial charge is 0.146 e. The van der Waals surface area contributed by atoms with Crippen LogP contribution in [0.2, 0.25) is 0 Å². The Morgan fingerprint density at radius 2 is 1.26 bits per heavy atom. The minimum Gasteiger partial charge on any atom is -0.309 e. The van der Waals surface area contributed by atoms with Crippen LogP contribution in [-0.2, 0) is 0 Å². The van der Waals surface area contributed by atoms with Crippen molar-refractivity contribution >= 4 is 60.2 Å². The van der Waals surface area contributed by atoms with Crippen LogP contribution in [0.4, 0.5) is 0 Å². The first-order chi connectivity index (χ1) is 16.9. The van der Waals surface area contributed by atoms with Gasteiger partial charge in [-0.15, -0.1) is 0 Å². The average molecular weight is 435 g/mol. The van der Waals surface area contributed by atoms with Gasteiger partial charge in [-0.3, -0.25) is 9.38 Å². The van der Waals surface area contributed by atoms with Crippen molar-refractivity contribution in [2.45, 2.75) is 0 Å². The maximum absolute atomic E-state index is 5.06. The molecule has 0 bridgehead atoms. The van der Waals surface area contributed by atoms with Crippen LogP contribution in [0.1, 0.15) is 0 Å². The summed E-state index contributed by atoms with van der Waals surface area (Å²) >= 11 is 0. The first kappa shape index (κ1) is 17.8. The van der Waals surface area contributed by atoms with Crippen LogP contribution in [-0.4, -0.2) is 18.9 Å². The maximum atomic E-state index is 5.06. The number of pyridine rings is 2. The largest absolute Gasteiger partial charge is 0.309 e. The summed E-state index contributed by atoms with van der Waals surface area (Å²) < 4.78 is 4.62. The number of hydrogen-bond acceptors (Lipinski definition) is 2. The average Bonchev–Trinajstić information content (AvgIpc) is 3.45. The van der Waals surface area contributed by atoms with Gasteiger partial charge in [0.25, 0.3) is 0 Å². The van der Waals surface area contributed by atoms with Crippen LogP contribution < -0.4 is 0 Å². The van der Waals surface area contributed by atoms with E-state index >= 15 is 0 Å². The number of imidazole rings is 1. The second kappa shape index (κ2) is 6.42. The molecule has 0 atom stereocenters. The SMILES string of the molecule is c1ccc(-n2c3ccccc3c3c4c5ccccc5n5c6cnccc6nc5c4ccc32)cc1. The van der Waals surface area contributed by atoms with E-state index in [9.17, 15) is 0 Å². The minimum absolute atomic E-state index is 0.958. The third kappa shape index (κ3) is 2.17. The number of para-hydroxylation sites is 3. The fourth-order valence-electron chi connectivity index (χ4n) is 5.61. The molecule has 0 amide bonds. The van der Waals surface area contributed by atoms with Gasteiger partial charge < -0.3 is 4.57 Å². The summed E-state index contributed by atoms with van der Waals surface area (Å²) in [5.74, 6) is 0. The molecule has 158 valence electrons. The predicted octanol–water partition coefficient (Wildman–Crippen LogP) is 7.29. The molecule has 0 radical (unpaired) electrons. The summed E-state index contributed by atoms with van der Waals surface area (Å²) in [7, 11) is 0. The monoisotopic (exact) mass is 434 g/mol. The molecule has 4 aromatic heterocycles. The van der Waals surface area contributed by atoms with Crippen molar-refractivity contribution in [1.29, 1.82) is 0 Å². The van der Waals surface area contributed by atoms with Crippen molar-refractivity contribution in [2.75, 3.05) is 0 Å². The molecule has 0 N–H and O–H groups in total. The van der Waals surface area contributed by atoms with Crippen molar-refractivity contribution < 1.29 is 0 Å². The Morgan fingerprint density at radius 1 is 0.529 bits per heavy atom. The topological polar surface area (TPSA) is 35.1 Å². The quantitative estimate of drug-likeness (QED) is 0.254. The van der Waals surface area contributed by atoms with Gasteiger partial charge in [0.2, 0.25) is 0 Å². The van der Waals surface area contributed by atoms with E-state index in [0.29, 0.717) is 0 Å². The third-order valence-corrected chi connectivity index (χ3v) is 6.96. The van der Waals surface area contributed by atoms with Gasteiger partial charge in [-0.1, -0.05) is 54.6 Å². The molecule has 8 rings (SSSR count). The Hall–Kier alpha value is -4.70. The molecular weight excluding hydrogens is 416 g/mol. The van der Waals surface area contributed by atoms with Gasteiger partial charge in [0.05, 0.1) is 33.8 Å². The summed E-state index contributed by atoms with van der Waals surface area (Å²) in [5, 5.41) is 6.13. The number of rotatable bonds is 1. The van der Waals surface area contributed by atoms with E-state index in [1.807, 2.05) is 18.5 Å². The highest BCUT2D eigenvalue weighted by Crippen LogP contribution is 2.41. The standard InChI is InChI=1S/C30H18N4/c1-2-8-19(9-3-1)33-24-12-6-5-11-21(24)29-26(33)15-14-22-28(29)20-10-4-7-13-25(20)34-27-18-31-17-16-23(27)32-30(22)34/h1-18H. The van der Waals surface area contributed by atoms with Gasteiger partial charge in [0, 0.05) is 38.8 Å². The molecule has 0 spiro atoms. The van der Waals surface area contributed by atoms with E-state index in [-0.39, 0.29) is 0 Å². The number of nitrogens with zero attached hydrogens (tertiary/aromatic N) is 4. The lowest BCUT2D eigenvalue weighted by Gasteiger charge is -2.11. The lowest BCUT2D eigenvalue weighted by Crippen LogP contribution is -1.94. The van der Waals surface area contributed by atoms with E-state index in [1.54, 1.807) is 0 Å². The molecule has 0 unspecified atom stereocenters. The lowest BCUT2D eigenvalue weighted by atomic mass is 10.00. The molecule has 4 aromatic carbocycles. The molecule has 4 nitrogen and oxygen atoms in total. The molecule has 0 aliphatic rings. The molecule has 0 saturated carbocycles. The third-order valence-electron chi connectivity index (χ3n) is 6.96. The molecule has 34 heavy (non-hydrogen) atoms. The normalized spacial score (nSPS) is 12.1. The van der Waals surface area contributed by atoms with Gasteiger partial charge in [-0.2, -0.15) is 0 Å². The molecule has 0 aliphatic heterocycles. The highest BCUT2D eigenvalue weighted by molar-refractivity contribution is 6.30. The number of fused-ring (bicyclic) bond motifs is 12. The maximum Gasteiger partial charge on any atom is 0.146 e. The summed E-state index contributed by atoms with van der Waals surface area (Å²) in [5.41, 5.74) is 7.67. The number of benzene rings is 4. The first-order valence-corrected chi connectivity index (χ1v) is 11.4. The van der Waals surface area contributed by atoms with Crippen LogP contribution in [0, 0.1) is 0 Å². The van der Waals surface area contributed by atoms with Crippen molar-refractivity contribution in [3.63, 3.8) is 0 Å². The first-order valence-electron chi connectivity index (χ1n) is 11.4. The van der Waals surface area contributed by atoms with Crippen LogP contribution in [0.25, 0.3) is 65.8 Å². The van der Waals surface area contributed by atoms with E-state index in [1.165, 1.54) is 32.6 Å². The second-order valence-corrected chi connectivity index (χ2v) is 8.72. The molecular formula is C30H18N4. The second-order valence-electron chi connectivity index (χ2n) is 8.72. The van der Waals surface area contributed by atoms with Crippen LogP contribution in [0.3, 0.4) is 0 Å². The Morgan fingerprint density at radius 3 is 2.12 bits per heavy atom. The fourth-order valence-corrected chi connectivity index (χ4v) is 5.61. The van der Waals surface area contributed by atoms with E-state index < -0.39 is 0 Å². The fraction of sp³-hybridized carbons (Fsp3) is 0. The molecule has 4 heterocycles. The van der Waals surface area contributed by atoms with Crippen LogP contribution in [0.15, 0.2) is 109 Å². The summed E-state index contributed by atoms with van der Waals surface area (Å²) in [4.78, 5) is 9.45. The zero-order chi connectivity index (χ0) is 22.2. The van der Waals surface area contributed by atoms with Gasteiger partial charge in [0.15, 0.2) is 0 Å². The van der Waals surface area contributed by atoms with Crippen molar-refractivity contribution in [2.24, 2.45) is 0 Å². The predicted molar refractivity (Wildman–Crippen MR) is 140 cm³/mol. The molecule has 0 fully saturated rings. The van der Waals surface area contributed by atoms with Gasteiger partial charge in [-0.25, -0.2) is 4.98 Å². The highest BCUT2D eigenvalue weighted by atomic mass is 15.0. The van der Waals surface area contributed by atoms with Gasteiger partial charge in [-0.05, 0) is 42.5 Å². The summed E-state index contributed by atoms with van der Waals surface area (Å²) in [6, 6.07) is 34.4. The van der Waals surface area contributed by atoms with E-state index in [2.05, 4.69) is 105 Å². The Balaban J connectivity index is 1.70. The highest BCUT2D eigenvalue weighted by Gasteiger charge is 2.19. The molecule has 0 aliphatic carbocycles. The molecule has 0 saturated heterocycles. The Labute approximate surface area is 194 Å². The van der Waals surface area contributed by atoms with E-state index in [4.69, 9.17) is 4.98 Å². The van der Waals surface area contributed by atoms with Gasteiger partial charge >= 0.3 is 0 Å². The van der Waals surface area contributed by atoms with Gasteiger partial charge in [0.1, 0.15) is 5.65 Å². The van der Waals surface area contributed by atoms with E-state index in [0.717, 1.165) is 33.3 Å². The van der Waals surface area contributed by atoms with Crippen molar-refractivity contribution in [1.82, 2.24) is 18.9 Å². The minimum atomic E-state index is 0.958. The number of hydrogen-bond donors (Lipinski definition) is 0. The molecule has 8 aromatic rings. The van der Waals surface area contributed by atoms with Crippen molar-refractivity contribution in [3.05, 3.63) is 109 Å². The lowest BCUT2D eigenvalue weighted by molar-refractivity contribution is 1.18. The zero-order valence-corrected chi connectivity index (χ0v) is 18.2. The number of aromatic nitrogens is 4. The summed E-state index contributed by atoms with van der Waals surface area (Å²) in [6.07, 6.45) is 3.72. The summed E-state index contributed by atoms with van der Waals surface area (Å²) in [6.45, 7) is 0. The zero-order valence-electron chi connectivity index (χ0n) is 18.2. The Bertz CT molecular complexity index is 2060.